The summed E-state index contributed by atoms with van der Waals surface area (Å²) >= 11 is 0. The Balaban J connectivity index is 4.32. The number of carbonyl (C=O) groups excluding carboxylic acids is 1. The SMILES string of the molecule is CC/C=C\C/C=C\C/C=C\C/C=C\C/C=C\C/C=C\CCCCC(=O)OC(COCCCCCCCCCC/C=C\C/C=C\CCCCC)COP(=O)([O-])OCC[N+](C)(C)C. The van der Waals surface area contributed by atoms with Crippen molar-refractivity contribution in [3.8, 4) is 0 Å². The highest BCUT2D eigenvalue weighted by atomic mass is 31.2. The molecule has 2 unspecified atom stereocenters. The fourth-order valence-electron chi connectivity index (χ4n) is 5.93. The maximum atomic E-state index is 12.7. The van der Waals surface area contributed by atoms with E-state index in [4.69, 9.17) is 18.5 Å². The third kappa shape index (κ3) is 48.3. The summed E-state index contributed by atoms with van der Waals surface area (Å²) in [7, 11) is 1.31. The summed E-state index contributed by atoms with van der Waals surface area (Å²) in [6, 6.07) is 0. The van der Waals surface area contributed by atoms with E-state index in [2.05, 4.69) is 111 Å². The molecule has 8 nitrogen and oxygen atoms in total. The van der Waals surface area contributed by atoms with Gasteiger partial charge in [0.25, 0.3) is 7.82 Å². The summed E-state index contributed by atoms with van der Waals surface area (Å²) < 4.78 is 34.6. The lowest BCUT2D eigenvalue weighted by Gasteiger charge is -2.28. The van der Waals surface area contributed by atoms with E-state index in [1.165, 1.54) is 64.2 Å². The molecule has 0 heterocycles. The van der Waals surface area contributed by atoms with E-state index < -0.39 is 13.9 Å². The molecule has 0 spiro atoms. The quantitative estimate of drug-likeness (QED) is 0.0198. The van der Waals surface area contributed by atoms with Gasteiger partial charge in [0, 0.05) is 13.0 Å². The van der Waals surface area contributed by atoms with Gasteiger partial charge in [-0.15, -0.1) is 0 Å². The number of ether oxygens (including phenoxy) is 2. The number of nitrogens with zero attached hydrogens (tertiary/aromatic N) is 1. The van der Waals surface area contributed by atoms with Crippen LogP contribution in [-0.2, 0) is 27.9 Å². The van der Waals surface area contributed by atoms with Crippen LogP contribution in [0.25, 0.3) is 0 Å². The number of carbonyl (C=O) groups is 1. The third-order valence-electron chi connectivity index (χ3n) is 9.62. The molecule has 350 valence electrons. The molecule has 0 aromatic rings. The predicted octanol–water partition coefficient (Wildman–Crippen LogP) is 14.0. The minimum absolute atomic E-state index is 0.0106. The van der Waals surface area contributed by atoms with E-state index in [0.29, 0.717) is 24.1 Å². The lowest BCUT2D eigenvalue weighted by Crippen LogP contribution is -2.37. The van der Waals surface area contributed by atoms with E-state index in [1.807, 2.05) is 21.1 Å². The number of hydrogen-bond acceptors (Lipinski definition) is 7. The van der Waals surface area contributed by atoms with Crippen LogP contribution in [0.5, 0.6) is 0 Å². The summed E-state index contributed by atoms with van der Waals surface area (Å²) in [5.74, 6) is -0.381. The van der Waals surface area contributed by atoms with Crippen molar-refractivity contribution in [2.75, 3.05) is 54.1 Å². The minimum atomic E-state index is -4.55. The number of esters is 1. The fourth-order valence-corrected chi connectivity index (χ4v) is 6.66. The Bertz CT molecular complexity index is 1290. The van der Waals surface area contributed by atoms with Crippen LogP contribution in [0, 0.1) is 0 Å². The first-order valence-electron chi connectivity index (χ1n) is 24.0. The molecular formula is C52H90NO7P. The Kier molecular flexibility index (Phi) is 42.2. The normalized spacial score (nSPS) is 14.5. The van der Waals surface area contributed by atoms with Crippen LogP contribution in [0.4, 0.5) is 0 Å². The molecule has 0 amide bonds. The molecule has 0 aromatic carbocycles. The van der Waals surface area contributed by atoms with Crippen molar-refractivity contribution in [1.29, 1.82) is 0 Å². The number of phosphoric acid groups is 1. The maximum absolute atomic E-state index is 12.7. The van der Waals surface area contributed by atoms with Crippen molar-refractivity contribution in [1.82, 2.24) is 0 Å². The van der Waals surface area contributed by atoms with Crippen LogP contribution in [0.2, 0.25) is 0 Å². The first kappa shape index (κ1) is 58.4. The van der Waals surface area contributed by atoms with Gasteiger partial charge >= 0.3 is 5.97 Å². The first-order valence-corrected chi connectivity index (χ1v) is 25.4. The summed E-state index contributed by atoms with van der Waals surface area (Å²) in [6.45, 7) is 5.18. The molecule has 0 saturated carbocycles. The standard InChI is InChI=1S/C52H90NO7P/c1-6-8-10-12-14-16-18-20-22-24-26-27-28-29-31-33-35-37-39-41-43-45-52(54)60-51(50-59-61(55,56)58-48-46-53(3,4)5)49-57-47-44-42-40-38-36-34-32-30-25-23-21-19-17-15-13-11-9-7-2/h8,10,14-17,20-23,26-27,29,31,35,37,51H,6-7,9,11-13,18-19,24-25,28,30,32-34,36,38-50H2,1-5H3/b10-8-,16-14-,17-15-,22-20-,23-21-,27-26-,31-29-,37-35-. The van der Waals surface area contributed by atoms with Crippen LogP contribution in [0.3, 0.4) is 0 Å². The number of allylic oxidation sites excluding steroid dienone is 16. The Labute approximate surface area is 375 Å². The van der Waals surface area contributed by atoms with Gasteiger partial charge in [-0.1, -0.05) is 162 Å². The van der Waals surface area contributed by atoms with Gasteiger partial charge in [-0.3, -0.25) is 9.36 Å². The molecule has 0 saturated heterocycles. The van der Waals surface area contributed by atoms with Crippen LogP contribution < -0.4 is 4.89 Å². The molecule has 0 aliphatic carbocycles. The smallest absolute Gasteiger partial charge is 0.306 e. The number of likely N-dealkylation sites (N-methyl/N-ethyl adjacent to an activating group) is 1. The Morgan fingerprint density at radius 3 is 1.43 bits per heavy atom. The molecule has 9 heteroatoms. The second-order valence-electron chi connectivity index (χ2n) is 16.7. The molecule has 0 bridgehead atoms. The number of phosphoric ester groups is 1. The average molecular weight is 872 g/mol. The van der Waals surface area contributed by atoms with Gasteiger partial charge in [0.15, 0.2) is 0 Å². The zero-order valence-corrected chi connectivity index (χ0v) is 40.5. The van der Waals surface area contributed by atoms with Crippen LogP contribution >= 0.6 is 7.82 Å². The number of unbranched alkanes of at least 4 members (excludes halogenated alkanes) is 13. The zero-order valence-electron chi connectivity index (χ0n) is 39.6. The summed E-state index contributed by atoms with van der Waals surface area (Å²) in [6.07, 6.45) is 60.0. The number of quaternary nitrogens is 1. The summed E-state index contributed by atoms with van der Waals surface area (Å²) in [5, 5.41) is 0. The maximum Gasteiger partial charge on any atom is 0.306 e. The molecule has 61 heavy (non-hydrogen) atoms. The monoisotopic (exact) mass is 872 g/mol. The molecule has 0 rings (SSSR count). The molecule has 0 aliphatic heterocycles. The number of hydrogen-bond donors (Lipinski definition) is 0. The van der Waals surface area contributed by atoms with Gasteiger partial charge < -0.3 is 27.9 Å². The second-order valence-corrected chi connectivity index (χ2v) is 18.1. The molecule has 0 fully saturated rings. The summed E-state index contributed by atoms with van der Waals surface area (Å²) in [4.78, 5) is 25.1. The Hall–Kier alpha value is -2.58. The van der Waals surface area contributed by atoms with Crippen LogP contribution in [0.15, 0.2) is 97.2 Å². The van der Waals surface area contributed by atoms with Gasteiger partial charge in [0.2, 0.25) is 0 Å². The highest BCUT2D eigenvalue weighted by Crippen LogP contribution is 2.38. The number of rotatable bonds is 43. The van der Waals surface area contributed by atoms with Crippen molar-refractivity contribution in [3.63, 3.8) is 0 Å². The lowest BCUT2D eigenvalue weighted by atomic mass is 10.1. The largest absolute Gasteiger partial charge is 0.756 e. The topological polar surface area (TPSA) is 94.1 Å². The van der Waals surface area contributed by atoms with Gasteiger partial charge in [-0.2, -0.15) is 0 Å². The van der Waals surface area contributed by atoms with Gasteiger partial charge in [-0.05, 0) is 96.3 Å². The fraction of sp³-hybridized carbons (Fsp3) is 0.673. The van der Waals surface area contributed by atoms with Crippen molar-refractivity contribution in [2.45, 2.75) is 174 Å². The van der Waals surface area contributed by atoms with Crippen LogP contribution in [0.1, 0.15) is 168 Å². The van der Waals surface area contributed by atoms with E-state index in [-0.39, 0.29) is 32.2 Å². The molecule has 0 aromatic heterocycles. The molecule has 0 radical (unpaired) electrons. The van der Waals surface area contributed by atoms with E-state index in [1.54, 1.807) is 0 Å². The van der Waals surface area contributed by atoms with Crippen molar-refractivity contribution < 1.29 is 37.3 Å². The second kappa shape index (κ2) is 44.0. The molecule has 2 atom stereocenters. The highest BCUT2D eigenvalue weighted by molar-refractivity contribution is 7.45. The average Bonchev–Trinajstić information content (AvgIpc) is 3.22. The minimum Gasteiger partial charge on any atom is -0.756 e. The Morgan fingerprint density at radius 2 is 0.951 bits per heavy atom. The van der Waals surface area contributed by atoms with Crippen LogP contribution in [-0.4, -0.2) is 70.7 Å². The molecule has 0 aliphatic rings. The molecular weight excluding hydrogens is 782 g/mol. The van der Waals surface area contributed by atoms with Gasteiger partial charge in [0.1, 0.15) is 19.3 Å². The predicted molar refractivity (Wildman–Crippen MR) is 258 cm³/mol. The van der Waals surface area contributed by atoms with Crippen molar-refractivity contribution in [3.05, 3.63) is 97.2 Å². The van der Waals surface area contributed by atoms with Crippen molar-refractivity contribution >= 4 is 13.8 Å². The lowest BCUT2D eigenvalue weighted by molar-refractivity contribution is -0.870. The van der Waals surface area contributed by atoms with E-state index in [0.717, 1.165) is 77.0 Å². The summed E-state index contributed by atoms with van der Waals surface area (Å²) in [5.41, 5.74) is 0. The Morgan fingerprint density at radius 1 is 0.525 bits per heavy atom. The third-order valence-corrected chi connectivity index (χ3v) is 10.6. The van der Waals surface area contributed by atoms with E-state index in [9.17, 15) is 14.3 Å². The van der Waals surface area contributed by atoms with Gasteiger partial charge in [0.05, 0.1) is 34.4 Å². The molecule has 0 N–H and O–H groups in total. The first-order chi connectivity index (χ1) is 29.6. The highest BCUT2D eigenvalue weighted by Gasteiger charge is 2.20. The van der Waals surface area contributed by atoms with Gasteiger partial charge in [-0.25, -0.2) is 0 Å². The van der Waals surface area contributed by atoms with Crippen molar-refractivity contribution in [2.24, 2.45) is 0 Å². The zero-order chi connectivity index (χ0) is 44.8. The van der Waals surface area contributed by atoms with E-state index >= 15 is 0 Å².